The van der Waals surface area contributed by atoms with Crippen LogP contribution in [0, 0.1) is 13.8 Å². The highest BCUT2D eigenvalue weighted by Gasteiger charge is 2.16. The Hall–Kier alpha value is -2.82. The van der Waals surface area contributed by atoms with Crippen molar-refractivity contribution in [3.63, 3.8) is 0 Å². The molecule has 0 fully saturated rings. The third-order valence-electron chi connectivity index (χ3n) is 4.04. The van der Waals surface area contributed by atoms with E-state index in [1.807, 2.05) is 45.0 Å². The molecule has 25 heavy (non-hydrogen) atoms. The van der Waals surface area contributed by atoms with Gasteiger partial charge in [-0.1, -0.05) is 12.1 Å². The molecular weight excluding hydrogens is 318 g/mol. The number of ketones is 1. The first-order valence-electron chi connectivity index (χ1n) is 8.15. The van der Waals surface area contributed by atoms with Crippen LogP contribution in [0.4, 0.5) is 0 Å². The van der Waals surface area contributed by atoms with Crippen LogP contribution in [-0.2, 0) is 16.1 Å². The van der Waals surface area contributed by atoms with Crippen LogP contribution < -0.4 is 4.74 Å². The van der Waals surface area contributed by atoms with Gasteiger partial charge in [0, 0.05) is 29.6 Å². The Kier molecular flexibility index (Phi) is 6.17. The summed E-state index contributed by atoms with van der Waals surface area (Å²) in [5.74, 6) is -0.0478. The Balaban J connectivity index is 1.95. The van der Waals surface area contributed by atoms with Gasteiger partial charge in [0.15, 0.2) is 6.61 Å². The molecule has 0 unspecified atom stereocenters. The number of rotatable bonds is 7. The van der Waals surface area contributed by atoms with Crippen molar-refractivity contribution in [1.29, 1.82) is 0 Å². The van der Waals surface area contributed by atoms with E-state index >= 15 is 0 Å². The normalized spacial score (nSPS) is 10.9. The highest BCUT2D eigenvalue weighted by molar-refractivity contribution is 6.00. The first kappa shape index (κ1) is 18.5. The van der Waals surface area contributed by atoms with Crippen molar-refractivity contribution in [3.8, 4) is 5.75 Å². The van der Waals surface area contributed by atoms with Crippen LogP contribution in [0.15, 0.2) is 36.4 Å². The maximum atomic E-state index is 12.3. The average molecular weight is 341 g/mol. The molecule has 0 saturated heterocycles. The quantitative estimate of drug-likeness (QED) is 0.439. The van der Waals surface area contributed by atoms with Crippen molar-refractivity contribution in [3.05, 3.63) is 58.9 Å². The summed E-state index contributed by atoms with van der Waals surface area (Å²) >= 11 is 0. The number of benzene rings is 1. The summed E-state index contributed by atoms with van der Waals surface area (Å²) in [5.41, 5.74) is 3.33. The van der Waals surface area contributed by atoms with Gasteiger partial charge in [-0.3, -0.25) is 4.79 Å². The van der Waals surface area contributed by atoms with Crippen molar-refractivity contribution in [2.45, 2.75) is 27.3 Å². The molecule has 1 aromatic carbocycles. The monoisotopic (exact) mass is 341 g/mol. The predicted octanol–water partition coefficient (Wildman–Crippen LogP) is 3.57. The van der Waals surface area contributed by atoms with Gasteiger partial charge in [0.1, 0.15) is 5.75 Å². The average Bonchev–Trinajstić information content (AvgIpc) is 2.91. The highest BCUT2D eigenvalue weighted by atomic mass is 16.5. The number of aromatic nitrogens is 1. The minimum absolute atomic E-state index is 0.198. The Morgan fingerprint density at radius 3 is 2.60 bits per heavy atom. The van der Waals surface area contributed by atoms with Crippen molar-refractivity contribution < 1.29 is 19.1 Å². The second-order valence-corrected chi connectivity index (χ2v) is 5.67. The second kappa shape index (κ2) is 8.33. The van der Waals surface area contributed by atoms with Gasteiger partial charge in [-0.15, -0.1) is 0 Å². The Labute approximate surface area is 147 Å². The molecule has 2 aromatic rings. The summed E-state index contributed by atoms with van der Waals surface area (Å²) in [4.78, 5) is 24.1. The van der Waals surface area contributed by atoms with Crippen LogP contribution in [0.2, 0.25) is 0 Å². The molecule has 0 radical (unpaired) electrons. The number of hydrogen-bond acceptors (Lipinski definition) is 4. The molecule has 0 atom stereocenters. The van der Waals surface area contributed by atoms with Crippen molar-refractivity contribution in [2.24, 2.45) is 0 Å². The van der Waals surface area contributed by atoms with E-state index in [2.05, 4.69) is 4.57 Å². The molecule has 0 aliphatic carbocycles. The number of hydrogen-bond donors (Lipinski definition) is 0. The van der Waals surface area contributed by atoms with Gasteiger partial charge in [0.25, 0.3) is 0 Å². The van der Waals surface area contributed by atoms with Gasteiger partial charge in [0.2, 0.25) is 5.78 Å². The molecule has 1 aromatic heterocycles. The molecule has 0 N–H and O–H groups in total. The van der Waals surface area contributed by atoms with E-state index in [9.17, 15) is 9.59 Å². The van der Waals surface area contributed by atoms with Gasteiger partial charge in [-0.05, 0) is 50.6 Å². The minimum atomic E-state index is -0.555. The second-order valence-electron chi connectivity index (χ2n) is 5.67. The molecule has 0 aliphatic rings. The Morgan fingerprint density at radius 2 is 1.96 bits per heavy atom. The van der Waals surface area contributed by atoms with Crippen molar-refractivity contribution in [1.82, 2.24) is 4.57 Å². The number of carbonyl (C=O) groups is 2. The number of Topliss-reactive ketones (excluding diaryl/α,β-unsaturated/α-hetero) is 1. The Morgan fingerprint density at radius 1 is 1.20 bits per heavy atom. The number of aryl methyl sites for hydroxylation is 1. The fourth-order valence-electron chi connectivity index (χ4n) is 2.74. The molecule has 0 amide bonds. The van der Waals surface area contributed by atoms with E-state index < -0.39 is 5.97 Å². The first-order valence-corrected chi connectivity index (χ1v) is 8.15. The van der Waals surface area contributed by atoms with E-state index in [1.54, 1.807) is 19.3 Å². The molecule has 0 spiro atoms. The molecular formula is C20H23NO4. The maximum absolute atomic E-state index is 12.3. The molecule has 0 saturated carbocycles. The number of carbonyl (C=O) groups excluding carboxylic acids is 2. The fraction of sp³-hybridized carbons (Fsp3) is 0.300. The lowest BCUT2D eigenvalue weighted by molar-refractivity contribution is -0.136. The highest BCUT2D eigenvalue weighted by Crippen LogP contribution is 2.16. The lowest BCUT2D eigenvalue weighted by atomic mass is 10.1. The van der Waals surface area contributed by atoms with Crippen molar-refractivity contribution >= 4 is 17.8 Å². The van der Waals surface area contributed by atoms with E-state index in [-0.39, 0.29) is 12.4 Å². The minimum Gasteiger partial charge on any atom is -0.497 e. The first-order chi connectivity index (χ1) is 12.0. The van der Waals surface area contributed by atoms with Crippen LogP contribution in [0.1, 0.15) is 34.2 Å². The van der Waals surface area contributed by atoms with E-state index in [4.69, 9.17) is 9.47 Å². The summed E-state index contributed by atoms with van der Waals surface area (Å²) in [7, 11) is 1.58. The molecule has 5 nitrogen and oxygen atoms in total. The summed E-state index contributed by atoms with van der Waals surface area (Å²) in [6.45, 7) is 6.41. The number of esters is 1. The number of ether oxygens (including phenoxy) is 2. The SMILES string of the molecule is CCn1c(C)cc(C(=O)COC(=O)/C=C/c2cccc(OC)c2)c1C. The van der Waals surface area contributed by atoms with Gasteiger partial charge in [-0.25, -0.2) is 4.79 Å². The summed E-state index contributed by atoms with van der Waals surface area (Å²) in [6, 6.07) is 9.13. The third kappa shape index (κ3) is 4.59. The molecule has 0 bridgehead atoms. The molecule has 5 heteroatoms. The smallest absolute Gasteiger partial charge is 0.331 e. The van der Waals surface area contributed by atoms with Crippen LogP contribution in [0.5, 0.6) is 5.75 Å². The largest absolute Gasteiger partial charge is 0.497 e. The lowest BCUT2D eigenvalue weighted by Gasteiger charge is -2.06. The van der Waals surface area contributed by atoms with Crippen LogP contribution >= 0.6 is 0 Å². The van der Waals surface area contributed by atoms with Gasteiger partial charge in [-0.2, -0.15) is 0 Å². The van der Waals surface area contributed by atoms with Crippen LogP contribution in [0.3, 0.4) is 0 Å². The maximum Gasteiger partial charge on any atom is 0.331 e. The summed E-state index contributed by atoms with van der Waals surface area (Å²) in [5, 5.41) is 0. The molecule has 1 heterocycles. The van der Waals surface area contributed by atoms with E-state index in [1.165, 1.54) is 6.08 Å². The van der Waals surface area contributed by atoms with Gasteiger partial charge < -0.3 is 14.0 Å². The predicted molar refractivity (Wildman–Crippen MR) is 96.9 cm³/mol. The number of nitrogens with zero attached hydrogens (tertiary/aromatic N) is 1. The Bertz CT molecular complexity index is 802. The summed E-state index contributed by atoms with van der Waals surface area (Å²) < 4.78 is 12.2. The standard InChI is InChI=1S/C20H23NO4/c1-5-21-14(2)11-18(15(21)3)19(22)13-25-20(23)10-9-16-7-6-8-17(12-16)24-4/h6-12H,5,13H2,1-4H3/b10-9+. The zero-order valence-corrected chi connectivity index (χ0v) is 15.0. The third-order valence-corrected chi connectivity index (χ3v) is 4.04. The van der Waals surface area contributed by atoms with E-state index in [0.717, 1.165) is 23.5 Å². The van der Waals surface area contributed by atoms with Crippen LogP contribution in [-0.4, -0.2) is 30.0 Å². The molecule has 0 aliphatic heterocycles. The lowest BCUT2D eigenvalue weighted by Crippen LogP contribution is -2.13. The zero-order valence-electron chi connectivity index (χ0n) is 15.0. The van der Waals surface area contributed by atoms with Crippen LogP contribution in [0.25, 0.3) is 6.08 Å². The van der Waals surface area contributed by atoms with Crippen molar-refractivity contribution in [2.75, 3.05) is 13.7 Å². The zero-order chi connectivity index (χ0) is 18.4. The molecule has 132 valence electrons. The fourth-order valence-corrected chi connectivity index (χ4v) is 2.74. The summed E-state index contributed by atoms with van der Waals surface area (Å²) in [6.07, 6.45) is 2.93. The van der Waals surface area contributed by atoms with Gasteiger partial charge >= 0.3 is 5.97 Å². The molecule has 2 rings (SSSR count). The topological polar surface area (TPSA) is 57.5 Å². The number of methoxy groups -OCH3 is 1. The van der Waals surface area contributed by atoms with E-state index in [0.29, 0.717) is 11.3 Å². The van der Waals surface area contributed by atoms with Gasteiger partial charge in [0.05, 0.1) is 7.11 Å².